The van der Waals surface area contributed by atoms with E-state index in [-0.39, 0.29) is 23.5 Å². The quantitative estimate of drug-likeness (QED) is 0.840. The van der Waals surface area contributed by atoms with Crippen LogP contribution in [0.1, 0.15) is 49.2 Å². The predicted octanol–water partition coefficient (Wildman–Crippen LogP) is 2.56. The maximum absolute atomic E-state index is 12.8. The third-order valence-corrected chi connectivity index (χ3v) is 5.48. The van der Waals surface area contributed by atoms with Crippen molar-refractivity contribution in [2.75, 3.05) is 14.2 Å². The van der Waals surface area contributed by atoms with Crippen LogP contribution in [-0.4, -0.2) is 41.7 Å². The summed E-state index contributed by atoms with van der Waals surface area (Å²) in [5, 5.41) is 8.98. The fourth-order valence-electron chi connectivity index (χ4n) is 3.94. The molecule has 1 fully saturated rings. The Hall–Kier alpha value is -1.80. The van der Waals surface area contributed by atoms with Crippen LogP contribution in [0.2, 0.25) is 0 Å². The maximum atomic E-state index is 12.8. The fraction of sp³-hybridized carbons (Fsp3) is 0.647. The minimum atomic E-state index is -0.0326. The predicted molar refractivity (Wildman–Crippen MR) is 84.4 cm³/mol. The molecule has 0 aliphatic heterocycles. The first-order valence-corrected chi connectivity index (χ1v) is 7.81. The first kappa shape index (κ1) is 16.6. The third kappa shape index (κ3) is 2.32. The van der Waals surface area contributed by atoms with Crippen molar-refractivity contribution in [1.82, 2.24) is 9.47 Å². The van der Waals surface area contributed by atoms with Crippen LogP contribution < -0.4 is 0 Å². The van der Waals surface area contributed by atoms with Gasteiger partial charge in [-0.3, -0.25) is 4.79 Å². The molecule has 1 heterocycles. The first-order valence-electron chi connectivity index (χ1n) is 7.81. The van der Waals surface area contributed by atoms with Crippen LogP contribution in [-0.2, 0) is 11.8 Å². The number of hydrogen-bond donors (Lipinski definition) is 0. The maximum Gasteiger partial charge on any atom is 0.270 e. The summed E-state index contributed by atoms with van der Waals surface area (Å²) in [6.45, 7) is 4.33. The van der Waals surface area contributed by atoms with Crippen LogP contribution in [0.3, 0.4) is 0 Å². The monoisotopic (exact) mass is 303 g/mol. The number of aryl methyl sites for hydroxylation is 1. The Morgan fingerprint density at radius 3 is 2.64 bits per heavy atom. The summed E-state index contributed by atoms with van der Waals surface area (Å²) in [5.41, 5.74) is 1.10. The van der Waals surface area contributed by atoms with E-state index >= 15 is 0 Å². The lowest BCUT2D eigenvalue weighted by atomic mass is 9.58. The number of aromatic nitrogens is 1. The van der Waals surface area contributed by atoms with Gasteiger partial charge < -0.3 is 14.2 Å². The Balaban J connectivity index is 2.24. The molecule has 0 saturated heterocycles. The van der Waals surface area contributed by atoms with Crippen LogP contribution in [0.4, 0.5) is 0 Å². The second-order valence-electron chi connectivity index (χ2n) is 6.17. The van der Waals surface area contributed by atoms with Gasteiger partial charge in [0.25, 0.3) is 5.91 Å². The number of carbonyl (C=O) groups excluding carboxylic acids is 1. The van der Waals surface area contributed by atoms with E-state index in [4.69, 9.17) is 10.00 Å². The Kier molecular flexibility index (Phi) is 4.62. The number of amides is 1. The second kappa shape index (κ2) is 6.13. The molecule has 1 aromatic rings. The zero-order chi connectivity index (χ0) is 16.5. The molecule has 1 aromatic heterocycles. The Bertz CT molecular complexity index is 596. The van der Waals surface area contributed by atoms with Crippen molar-refractivity contribution in [1.29, 1.82) is 5.26 Å². The van der Waals surface area contributed by atoms with Gasteiger partial charge in [0.15, 0.2) is 0 Å². The Morgan fingerprint density at radius 2 is 2.18 bits per heavy atom. The lowest BCUT2D eigenvalue weighted by molar-refractivity contribution is -0.147. The molecule has 1 saturated carbocycles. The van der Waals surface area contributed by atoms with E-state index in [9.17, 15) is 4.79 Å². The number of methoxy groups -OCH3 is 1. The van der Waals surface area contributed by atoms with Gasteiger partial charge in [0.1, 0.15) is 11.8 Å². The van der Waals surface area contributed by atoms with Crippen molar-refractivity contribution < 1.29 is 9.53 Å². The van der Waals surface area contributed by atoms with Crippen molar-refractivity contribution in [2.45, 2.75) is 45.3 Å². The highest BCUT2D eigenvalue weighted by molar-refractivity contribution is 5.93. The number of hydrogen-bond acceptors (Lipinski definition) is 3. The fourth-order valence-corrected chi connectivity index (χ4v) is 3.94. The minimum absolute atomic E-state index is 0.0301. The molecule has 0 N–H and O–H groups in total. The van der Waals surface area contributed by atoms with Crippen molar-refractivity contribution >= 4 is 5.91 Å². The Labute approximate surface area is 132 Å². The summed E-state index contributed by atoms with van der Waals surface area (Å²) < 4.78 is 7.33. The molecule has 0 spiro atoms. The van der Waals surface area contributed by atoms with Gasteiger partial charge in [0.2, 0.25) is 0 Å². The topological polar surface area (TPSA) is 58.3 Å². The molecule has 0 aromatic carbocycles. The molecule has 22 heavy (non-hydrogen) atoms. The van der Waals surface area contributed by atoms with Crippen molar-refractivity contribution in [3.8, 4) is 6.07 Å². The highest BCUT2D eigenvalue weighted by Crippen LogP contribution is 2.51. The SMILES string of the molecule is CCC1(CC)[C@@H](OC)C[C@@H]1N(C)C(=O)c1cc(C#N)cn1C. The van der Waals surface area contributed by atoms with E-state index in [0.717, 1.165) is 19.3 Å². The summed E-state index contributed by atoms with van der Waals surface area (Å²) in [4.78, 5) is 14.6. The van der Waals surface area contributed by atoms with E-state index in [2.05, 4.69) is 19.9 Å². The summed E-state index contributed by atoms with van der Waals surface area (Å²) in [5.74, 6) is -0.0326. The van der Waals surface area contributed by atoms with Gasteiger partial charge in [0, 0.05) is 38.9 Å². The second-order valence-corrected chi connectivity index (χ2v) is 6.17. The molecule has 2 rings (SSSR count). The van der Waals surface area contributed by atoms with E-state index in [1.807, 2.05) is 11.9 Å². The third-order valence-electron chi connectivity index (χ3n) is 5.48. The van der Waals surface area contributed by atoms with E-state index < -0.39 is 0 Å². The zero-order valence-corrected chi connectivity index (χ0v) is 14.1. The van der Waals surface area contributed by atoms with Gasteiger partial charge in [0.05, 0.1) is 11.7 Å². The van der Waals surface area contributed by atoms with Gasteiger partial charge in [-0.2, -0.15) is 5.26 Å². The smallest absolute Gasteiger partial charge is 0.270 e. The molecular formula is C17H25N3O2. The van der Waals surface area contributed by atoms with Gasteiger partial charge >= 0.3 is 0 Å². The van der Waals surface area contributed by atoms with Crippen LogP contribution in [0.15, 0.2) is 12.3 Å². The molecule has 0 bridgehead atoms. The molecule has 1 amide bonds. The highest BCUT2D eigenvalue weighted by Gasteiger charge is 2.55. The van der Waals surface area contributed by atoms with Crippen LogP contribution in [0.5, 0.6) is 0 Å². The van der Waals surface area contributed by atoms with Gasteiger partial charge in [-0.25, -0.2) is 0 Å². The highest BCUT2D eigenvalue weighted by atomic mass is 16.5. The number of carbonyl (C=O) groups is 1. The van der Waals surface area contributed by atoms with E-state index in [1.54, 1.807) is 31.0 Å². The van der Waals surface area contributed by atoms with Crippen molar-refractivity contribution in [3.05, 3.63) is 23.5 Å². The van der Waals surface area contributed by atoms with Gasteiger partial charge in [-0.05, 0) is 25.3 Å². The molecular weight excluding hydrogens is 278 g/mol. The number of ether oxygens (including phenoxy) is 1. The molecule has 2 atom stereocenters. The number of nitrogens with zero attached hydrogens (tertiary/aromatic N) is 3. The number of nitriles is 1. The van der Waals surface area contributed by atoms with E-state index in [0.29, 0.717) is 11.3 Å². The minimum Gasteiger partial charge on any atom is -0.381 e. The molecule has 1 aliphatic rings. The molecule has 120 valence electrons. The standard InChI is InChI=1S/C17H25N3O2/c1-6-17(7-2)14(9-15(17)22-5)20(4)16(21)13-8-12(10-18)11-19(13)3/h8,11,14-15H,6-7,9H2,1-5H3/t14-,15-/m0/s1. The van der Waals surface area contributed by atoms with Crippen LogP contribution >= 0.6 is 0 Å². The van der Waals surface area contributed by atoms with Crippen molar-refractivity contribution in [2.24, 2.45) is 12.5 Å². The first-order chi connectivity index (χ1) is 10.4. The van der Waals surface area contributed by atoms with Gasteiger partial charge in [-0.15, -0.1) is 0 Å². The summed E-state index contributed by atoms with van der Waals surface area (Å²) in [7, 11) is 5.41. The summed E-state index contributed by atoms with van der Waals surface area (Å²) in [6, 6.07) is 3.92. The molecule has 0 radical (unpaired) electrons. The lowest BCUT2D eigenvalue weighted by Crippen LogP contribution is -2.64. The number of rotatable bonds is 5. The summed E-state index contributed by atoms with van der Waals surface area (Å²) in [6.07, 6.45) is 4.75. The summed E-state index contributed by atoms with van der Waals surface area (Å²) >= 11 is 0. The average molecular weight is 303 g/mol. The zero-order valence-electron chi connectivity index (χ0n) is 14.1. The van der Waals surface area contributed by atoms with Crippen LogP contribution in [0, 0.1) is 16.7 Å². The Morgan fingerprint density at radius 1 is 1.55 bits per heavy atom. The molecule has 0 unspecified atom stereocenters. The average Bonchev–Trinajstić information content (AvgIpc) is 2.88. The van der Waals surface area contributed by atoms with Crippen LogP contribution in [0.25, 0.3) is 0 Å². The van der Waals surface area contributed by atoms with Gasteiger partial charge in [-0.1, -0.05) is 13.8 Å². The molecule has 5 heteroatoms. The normalized spacial score (nSPS) is 22.7. The van der Waals surface area contributed by atoms with Crippen molar-refractivity contribution in [3.63, 3.8) is 0 Å². The molecule has 5 nitrogen and oxygen atoms in total. The van der Waals surface area contributed by atoms with E-state index in [1.165, 1.54) is 0 Å². The lowest BCUT2D eigenvalue weighted by Gasteiger charge is -2.57. The molecule has 1 aliphatic carbocycles. The largest absolute Gasteiger partial charge is 0.381 e.